The Bertz CT molecular complexity index is 1500. The van der Waals surface area contributed by atoms with Crippen molar-refractivity contribution in [3.8, 4) is 0 Å². The minimum Gasteiger partial charge on any atom is -0.398 e. The van der Waals surface area contributed by atoms with E-state index in [0.717, 1.165) is 23.1 Å². The summed E-state index contributed by atoms with van der Waals surface area (Å²) in [6, 6.07) is 5.51. The summed E-state index contributed by atoms with van der Waals surface area (Å²) in [6.45, 7) is 0.0540. The molecule has 5 rings (SSSR count). The number of nitrogens with zero attached hydrogens (tertiary/aromatic N) is 3. The number of aromatic amines is 1. The number of H-pyrrole nitrogens is 1. The number of nitrogen functional groups attached to an aromatic ring is 1. The van der Waals surface area contributed by atoms with E-state index in [1.54, 1.807) is 0 Å². The molecule has 8 nitrogen and oxygen atoms in total. The molecule has 2 heterocycles. The molecule has 3 aromatic rings. The first-order valence-electron chi connectivity index (χ1n) is 11.8. The third-order valence-electron chi connectivity index (χ3n) is 6.78. The number of amides is 2. The lowest BCUT2D eigenvalue weighted by molar-refractivity contribution is -0.187. The van der Waals surface area contributed by atoms with Crippen molar-refractivity contribution in [3.05, 3.63) is 69.1 Å². The number of rotatable bonds is 6. The summed E-state index contributed by atoms with van der Waals surface area (Å²) in [6.07, 6.45) is -3.90. The zero-order valence-electron chi connectivity index (χ0n) is 19.8. The molecule has 200 valence electrons. The van der Waals surface area contributed by atoms with Gasteiger partial charge in [-0.2, -0.15) is 18.3 Å². The van der Waals surface area contributed by atoms with Crippen LogP contribution in [0.15, 0.2) is 35.1 Å². The van der Waals surface area contributed by atoms with E-state index in [9.17, 15) is 36.3 Å². The van der Waals surface area contributed by atoms with Crippen LogP contribution in [0.25, 0.3) is 10.8 Å². The van der Waals surface area contributed by atoms with Crippen LogP contribution in [0.2, 0.25) is 0 Å². The number of nitrogens with one attached hydrogen (secondary N) is 1. The van der Waals surface area contributed by atoms with Crippen molar-refractivity contribution in [2.45, 2.75) is 31.5 Å². The van der Waals surface area contributed by atoms with Gasteiger partial charge in [0.2, 0.25) is 0 Å². The maximum absolute atomic E-state index is 14.6. The third-order valence-corrected chi connectivity index (χ3v) is 6.78. The second-order valence-electron chi connectivity index (χ2n) is 9.67. The van der Waals surface area contributed by atoms with Crippen LogP contribution in [0.4, 0.5) is 27.6 Å². The van der Waals surface area contributed by atoms with Crippen molar-refractivity contribution in [2.24, 2.45) is 5.92 Å². The van der Waals surface area contributed by atoms with Crippen LogP contribution in [0.3, 0.4) is 0 Å². The van der Waals surface area contributed by atoms with E-state index in [0.29, 0.717) is 24.1 Å². The Morgan fingerprint density at radius 2 is 1.84 bits per heavy atom. The van der Waals surface area contributed by atoms with Gasteiger partial charge >= 0.3 is 12.1 Å². The molecule has 1 aliphatic carbocycles. The summed E-state index contributed by atoms with van der Waals surface area (Å²) >= 11 is 0. The van der Waals surface area contributed by atoms with E-state index < -0.39 is 41.2 Å². The molecule has 1 saturated carbocycles. The molecular formula is C25H22F5N5O3. The highest BCUT2D eigenvalue weighted by molar-refractivity contribution is 5.96. The monoisotopic (exact) mass is 535 g/mol. The fourth-order valence-electron chi connectivity index (χ4n) is 4.78. The number of carbonyl (C=O) groups is 2. The number of hydrogen-bond acceptors (Lipinski definition) is 5. The lowest BCUT2D eigenvalue weighted by Crippen LogP contribution is -2.56. The van der Waals surface area contributed by atoms with Gasteiger partial charge in [0.15, 0.2) is 0 Å². The number of benzene rings is 2. The van der Waals surface area contributed by atoms with Gasteiger partial charge in [-0.1, -0.05) is 6.07 Å². The van der Waals surface area contributed by atoms with Crippen molar-refractivity contribution in [2.75, 3.05) is 25.4 Å². The van der Waals surface area contributed by atoms with Crippen molar-refractivity contribution >= 4 is 28.3 Å². The highest BCUT2D eigenvalue weighted by Crippen LogP contribution is 2.33. The maximum atomic E-state index is 14.6. The normalized spacial score (nSPS) is 16.0. The molecule has 1 aromatic heterocycles. The second kappa shape index (κ2) is 9.37. The first-order valence-corrected chi connectivity index (χ1v) is 11.8. The van der Waals surface area contributed by atoms with Gasteiger partial charge in [0.1, 0.15) is 11.6 Å². The number of alkyl halides is 3. The SMILES string of the molecule is Nc1cc(F)cc2c(=O)[nH]nc(Cc3ccc(F)c(C(=O)N4CC(CN(C(=O)C(F)(F)F)C5CC5)C4)c3)c12. The highest BCUT2D eigenvalue weighted by atomic mass is 19.4. The van der Waals surface area contributed by atoms with Gasteiger partial charge in [0, 0.05) is 49.1 Å². The number of anilines is 1. The van der Waals surface area contributed by atoms with Gasteiger partial charge < -0.3 is 15.5 Å². The quantitative estimate of drug-likeness (QED) is 0.372. The summed E-state index contributed by atoms with van der Waals surface area (Å²) < 4.78 is 67.1. The van der Waals surface area contributed by atoms with Crippen LogP contribution < -0.4 is 11.3 Å². The molecule has 0 atom stereocenters. The van der Waals surface area contributed by atoms with Crippen molar-refractivity contribution in [1.82, 2.24) is 20.0 Å². The van der Waals surface area contributed by atoms with Crippen molar-refractivity contribution in [1.29, 1.82) is 0 Å². The maximum Gasteiger partial charge on any atom is 0.471 e. The molecule has 2 aliphatic rings. The Labute approximate surface area is 212 Å². The Morgan fingerprint density at radius 1 is 1.13 bits per heavy atom. The van der Waals surface area contributed by atoms with Crippen LogP contribution >= 0.6 is 0 Å². The molecule has 0 spiro atoms. The second-order valence-corrected chi connectivity index (χ2v) is 9.67. The van der Waals surface area contributed by atoms with Gasteiger partial charge in [-0.25, -0.2) is 13.9 Å². The Morgan fingerprint density at radius 3 is 2.50 bits per heavy atom. The van der Waals surface area contributed by atoms with Gasteiger partial charge in [0.25, 0.3) is 11.5 Å². The summed E-state index contributed by atoms with van der Waals surface area (Å²) in [5.74, 6) is -4.34. The van der Waals surface area contributed by atoms with E-state index in [4.69, 9.17) is 5.73 Å². The van der Waals surface area contributed by atoms with E-state index in [-0.39, 0.29) is 54.0 Å². The van der Waals surface area contributed by atoms with Crippen molar-refractivity contribution < 1.29 is 31.5 Å². The zero-order chi connectivity index (χ0) is 27.4. The van der Waals surface area contributed by atoms with E-state index in [1.807, 2.05) is 0 Å². The van der Waals surface area contributed by atoms with Gasteiger partial charge in [-0.3, -0.25) is 14.4 Å². The fourth-order valence-corrected chi connectivity index (χ4v) is 4.78. The number of halogens is 5. The average molecular weight is 535 g/mol. The first kappa shape index (κ1) is 25.6. The molecule has 3 N–H and O–H groups in total. The largest absolute Gasteiger partial charge is 0.471 e. The molecule has 0 unspecified atom stereocenters. The van der Waals surface area contributed by atoms with Gasteiger partial charge in [-0.15, -0.1) is 0 Å². The highest BCUT2D eigenvalue weighted by Gasteiger charge is 2.48. The van der Waals surface area contributed by atoms with Crippen LogP contribution in [0, 0.1) is 17.6 Å². The smallest absolute Gasteiger partial charge is 0.398 e. The summed E-state index contributed by atoms with van der Waals surface area (Å²) in [7, 11) is 0. The number of carbonyl (C=O) groups excluding carboxylic acids is 2. The van der Waals surface area contributed by atoms with Gasteiger partial charge in [-0.05, 0) is 42.7 Å². The minimum absolute atomic E-state index is 0.00165. The van der Waals surface area contributed by atoms with Crippen LogP contribution in [0.1, 0.15) is 34.5 Å². The average Bonchev–Trinajstić information content (AvgIpc) is 3.65. The molecule has 2 amide bonds. The van der Waals surface area contributed by atoms with E-state index >= 15 is 0 Å². The molecule has 2 aromatic carbocycles. The van der Waals surface area contributed by atoms with Crippen molar-refractivity contribution in [3.63, 3.8) is 0 Å². The number of nitrogens with two attached hydrogens (primary N) is 1. The molecule has 1 aliphatic heterocycles. The number of hydrogen-bond donors (Lipinski definition) is 2. The Kier molecular flexibility index (Phi) is 6.32. The first-order chi connectivity index (χ1) is 17.9. The van der Waals surface area contributed by atoms with Gasteiger partial charge in [0.05, 0.1) is 16.6 Å². The summed E-state index contributed by atoms with van der Waals surface area (Å²) in [5.41, 5.74) is 5.81. The Hall–Kier alpha value is -4.03. The molecular weight excluding hydrogens is 513 g/mol. The summed E-state index contributed by atoms with van der Waals surface area (Å²) in [5, 5.41) is 6.52. The van der Waals surface area contributed by atoms with Crippen LogP contribution in [-0.4, -0.2) is 63.7 Å². The zero-order valence-corrected chi connectivity index (χ0v) is 19.8. The summed E-state index contributed by atoms with van der Waals surface area (Å²) in [4.78, 5) is 39.0. The third kappa shape index (κ3) is 4.92. The van der Waals surface area contributed by atoms with E-state index in [2.05, 4.69) is 10.2 Å². The fraction of sp³-hybridized carbons (Fsp3) is 0.360. The lowest BCUT2D eigenvalue weighted by atomic mass is 9.96. The van der Waals surface area contributed by atoms with Crippen LogP contribution in [-0.2, 0) is 11.2 Å². The molecule has 13 heteroatoms. The molecule has 38 heavy (non-hydrogen) atoms. The lowest BCUT2D eigenvalue weighted by Gasteiger charge is -2.42. The minimum atomic E-state index is -4.96. The number of likely N-dealkylation sites (tertiary alicyclic amines) is 1. The molecule has 0 bridgehead atoms. The standard InChI is InChI=1S/C25H22F5N5O3/c26-14-7-17-21(19(31)8-14)20(32-33-22(17)36)6-12-1-4-18(27)16(5-12)23(37)34-9-13(10-34)11-35(15-2-3-15)24(38)25(28,29)30/h1,4-5,7-8,13,15H,2-3,6,9-11,31H2,(H,33,36). The topological polar surface area (TPSA) is 112 Å². The molecule has 1 saturated heterocycles. The predicted octanol–water partition coefficient (Wildman–Crippen LogP) is 3.00. The molecule has 2 fully saturated rings. The van der Waals surface area contributed by atoms with E-state index in [1.165, 1.54) is 17.0 Å². The number of fused-ring (bicyclic) bond motifs is 1. The number of aromatic nitrogens is 2. The Balaban J connectivity index is 1.30. The predicted molar refractivity (Wildman–Crippen MR) is 126 cm³/mol. The molecule has 0 radical (unpaired) electrons. The van der Waals surface area contributed by atoms with Crippen LogP contribution in [0.5, 0.6) is 0 Å².